The summed E-state index contributed by atoms with van der Waals surface area (Å²) >= 11 is 5.84. The summed E-state index contributed by atoms with van der Waals surface area (Å²) < 4.78 is 0. The van der Waals surface area contributed by atoms with Crippen LogP contribution >= 0.6 is 11.6 Å². The molecule has 5 heteroatoms. The number of aromatic nitrogens is 1. The molecule has 0 bridgehead atoms. The molecular formula is C14H14ClN3O. The van der Waals surface area contributed by atoms with E-state index >= 15 is 0 Å². The molecule has 0 spiro atoms. The predicted molar refractivity (Wildman–Crippen MR) is 76.0 cm³/mol. The van der Waals surface area contributed by atoms with Gasteiger partial charge in [-0.25, -0.2) is 0 Å². The first-order chi connectivity index (χ1) is 9.24. The fourth-order valence-corrected chi connectivity index (χ4v) is 1.78. The summed E-state index contributed by atoms with van der Waals surface area (Å²) in [7, 11) is 0. The zero-order valence-electron chi connectivity index (χ0n) is 10.3. The van der Waals surface area contributed by atoms with Gasteiger partial charge in [0.2, 0.25) is 5.91 Å². The molecule has 2 rings (SSSR count). The van der Waals surface area contributed by atoms with E-state index in [9.17, 15) is 4.79 Å². The van der Waals surface area contributed by atoms with Gasteiger partial charge in [-0.1, -0.05) is 23.7 Å². The van der Waals surface area contributed by atoms with Crippen LogP contribution in [0.4, 0.5) is 5.69 Å². The van der Waals surface area contributed by atoms with Crippen molar-refractivity contribution in [1.82, 2.24) is 10.3 Å². The van der Waals surface area contributed by atoms with Crippen LogP contribution in [0, 0.1) is 0 Å². The molecule has 0 aliphatic carbocycles. The molecule has 0 aliphatic rings. The van der Waals surface area contributed by atoms with Gasteiger partial charge in [-0.05, 0) is 29.8 Å². The first kappa shape index (κ1) is 13.5. The van der Waals surface area contributed by atoms with Gasteiger partial charge >= 0.3 is 0 Å². The molecule has 98 valence electrons. The highest BCUT2D eigenvalue weighted by Crippen LogP contribution is 2.14. The number of rotatable bonds is 5. The van der Waals surface area contributed by atoms with Crippen LogP contribution in [0.2, 0.25) is 5.02 Å². The molecule has 1 aromatic carbocycles. The molecule has 1 heterocycles. The van der Waals surface area contributed by atoms with Gasteiger partial charge < -0.3 is 10.6 Å². The Hall–Kier alpha value is -1.91. The van der Waals surface area contributed by atoms with Crippen LogP contribution < -0.4 is 10.6 Å². The minimum absolute atomic E-state index is 0.105. The lowest BCUT2D eigenvalue weighted by atomic mass is 10.3. The smallest absolute Gasteiger partial charge is 0.238 e. The SMILES string of the molecule is O=C(CNCc1cccnc1)Nc1cccc(Cl)c1. The lowest BCUT2D eigenvalue weighted by molar-refractivity contribution is -0.115. The summed E-state index contributed by atoms with van der Waals surface area (Å²) in [5, 5.41) is 6.42. The van der Waals surface area contributed by atoms with Gasteiger partial charge in [0, 0.05) is 29.6 Å². The lowest BCUT2D eigenvalue weighted by Gasteiger charge is -2.07. The molecule has 1 amide bonds. The summed E-state index contributed by atoms with van der Waals surface area (Å²) in [6, 6.07) is 10.9. The van der Waals surface area contributed by atoms with Crippen LogP contribution in [0.5, 0.6) is 0 Å². The van der Waals surface area contributed by atoms with Crippen LogP contribution in [0.1, 0.15) is 5.56 Å². The average Bonchev–Trinajstić information content (AvgIpc) is 2.40. The molecule has 0 saturated heterocycles. The highest BCUT2D eigenvalue weighted by Gasteiger charge is 2.02. The van der Waals surface area contributed by atoms with E-state index in [1.54, 1.807) is 36.7 Å². The first-order valence-electron chi connectivity index (χ1n) is 5.89. The third kappa shape index (κ3) is 4.69. The molecule has 0 saturated carbocycles. The fraction of sp³-hybridized carbons (Fsp3) is 0.143. The number of amides is 1. The van der Waals surface area contributed by atoms with E-state index in [-0.39, 0.29) is 12.5 Å². The van der Waals surface area contributed by atoms with Crippen molar-refractivity contribution in [2.24, 2.45) is 0 Å². The first-order valence-corrected chi connectivity index (χ1v) is 6.27. The number of anilines is 1. The van der Waals surface area contributed by atoms with Gasteiger partial charge in [-0.3, -0.25) is 9.78 Å². The Labute approximate surface area is 116 Å². The summed E-state index contributed by atoms with van der Waals surface area (Å²) in [5.41, 5.74) is 1.73. The Bertz CT molecular complexity index is 545. The van der Waals surface area contributed by atoms with E-state index in [0.29, 0.717) is 17.3 Å². The maximum absolute atomic E-state index is 11.7. The third-order valence-corrected chi connectivity index (χ3v) is 2.68. The molecule has 0 aliphatic heterocycles. The monoisotopic (exact) mass is 275 g/mol. The number of nitrogens with one attached hydrogen (secondary N) is 2. The Kier molecular flexibility index (Phi) is 4.89. The van der Waals surface area contributed by atoms with Gasteiger partial charge in [0.25, 0.3) is 0 Å². The molecule has 0 fully saturated rings. The van der Waals surface area contributed by atoms with E-state index in [0.717, 1.165) is 5.56 Å². The highest BCUT2D eigenvalue weighted by atomic mass is 35.5. The second-order valence-electron chi connectivity index (χ2n) is 4.02. The normalized spacial score (nSPS) is 10.2. The molecule has 19 heavy (non-hydrogen) atoms. The van der Waals surface area contributed by atoms with E-state index in [2.05, 4.69) is 15.6 Å². The van der Waals surface area contributed by atoms with Crippen LogP contribution in [0.15, 0.2) is 48.8 Å². The molecule has 0 atom stereocenters. The van der Waals surface area contributed by atoms with Crippen molar-refractivity contribution >= 4 is 23.2 Å². The quantitative estimate of drug-likeness (QED) is 0.881. The summed E-state index contributed by atoms with van der Waals surface area (Å²) in [5.74, 6) is -0.105. The number of hydrogen-bond donors (Lipinski definition) is 2. The minimum atomic E-state index is -0.105. The fourth-order valence-electron chi connectivity index (χ4n) is 1.59. The molecule has 0 unspecified atom stereocenters. The number of carbonyl (C=O) groups excluding carboxylic acids is 1. The zero-order valence-corrected chi connectivity index (χ0v) is 11.0. The minimum Gasteiger partial charge on any atom is -0.325 e. The topological polar surface area (TPSA) is 54.0 Å². The van der Waals surface area contributed by atoms with Gasteiger partial charge in [0.1, 0.15) is 0 Å². The third-order valence-electron chi connectivity index (χ3n) is 2.45. The van der Waals surface area contributed by atoms with Crippen molar-refractivity contribution < 1.29 is 4.79 Å². The Morgan fingerprint density at radius 2 is 2.16 bits per heavy atom. The van der Waals surface area contributed by atoms with E-state index in [1.807, 2.05) is 12.1 Å². The van der Waals surface area contributed by atoms with Crippen molar-refractivity contribution in [3.63, 3.8) is 0 Å². The predicted octanol–water partition coefficient (Wildman–Crippen LogP) is 2.46. The highest BCUT2D eigenvalue weighted by molar-refractivity contribution is 6.30. The van der Waals surface area contributed by atoms with Crippen LogP contribution in [0.25, 0.3) is 0 Å². The molecule has 4 nitrogen and oxygen atoms in total. The number of hydrogen-bond acceptors (Lipinski definition) is 3. The van der Waals surface area contributed by atoms with Crippen molar-refractivity contribution in [3.05, 3.63) is 59.4 Å². The second kappa shape index (κ2) is 6.87. The number of halogens is 1. The summed E-state index contributed by atoms with van der Waals surface area (Å²) in [6.07, 6.45) is 3.48. The summed E-state index contributed by atoms with van der Waals surface area (Å²) in [4.78, 5) is 15.7. The van der Waals surface area contributed by atoms with Crippen LogP contribution in [-0.2, 0) is 11.3 Å². The average molecular weight is 276 g/mol. The van der Waals surface area contributed by atoms with E-state index in [1.165, 1.54) is 0 Å². The van der Waals surface area contributed by atoms with Gasteiger partial charge in [-0.15, -0.1) is 0 Å². The molecule has 1 aromatic heterocycles. The number of nitrogens with zero attached hydrogens (tertiary/aromatic N) is 1. The van der Waals surface area contributed by atoms with Crippen molar-refractivity contribution in [2.45, 2.75) is 6.54 Å². The molecule has 2 aromatic rings. The lowest BCUT2D eigenvalue weighted by Crippen LogP contribution is -2.27. The van der Waals surface area contributed by atoms with Crippen LogP contribution in [0.3, 0.4) is 0 Å². The Morgan fingerprint density at radius 1 is 1.26 bits per heavy atom. The summed E-state index contributed by atoms with van der Waals surface area (Å²) in [6.45, 7) is 0.845. The largest absolute Gasteiger partial charge is 0.325 e. The molecule has 2 N–H and O–H groups in total. The van der Waals surface area contributed by atoms with Crippen molar-refractivity contribution in [3.8, 4) is 0 Å². The number of pyridine rings is 1. The maximum Gasteiger partial charge on any atom is 0.238 e. The Balaban J connectivity index is 1.76. The van der Waals surface area contributed by atoms with Crippen LogP contribution in [-0.4, -0.2) is 17.4 Å². The van der Waals surface area contributed by atoms with Gasteiger partial charge in [0.15, 0.2) is 0 Å². The van der Waals surface area contributed by atoms with Crippen molar-refractivity contribution in [2.75, 3.05) is 11.9 Å². The zero-order chi connectivity index (χ0) is 13.5. The number of carbonyl (C=O) groups is 1. The van der Waals surface area contributed by atoms with Gasteiger partial charge in [-0.2, -0.15) is 0 Å². The standard InChI is InChI=1S/C14H14ClN3O/c15-12-4-1-5-13(7-12)18-14(19)10-17-9-11-3-2-6-16-8-11/h1-8,17H,9-10H2,(H,18,19). The molecular weight excluding hydrogens is 262 g/mol. The molecule has 0 radical (unpaired) electrons. The van der Waals surface area contributed by atoms with Crippen molar-refractivity contribution in [1.29, 1.82) is 0 Å². The Morgan fingerprint density at radius 3 is 2.89 bits per heavy atom. The van der Waals surface area contributed by atoms with E-state index in [4.69, 9.17) is 11.6 Å². The van der Waals surface area contributed by atoms with Gasteiger partial charge in [0.05, 0.1) is 6.54 Å². The van der Waals surface area contributed by atoms with E-state index < -0.39 is 0 Å². The maximum atomic E-state index is 11.7. The number of benzene rings is 1. The second-order valence-corrected chi connectivity index (χ2v) is 4.46.